The minimum absolute atomic E-state index is 0.227. The molecule has 2 aromatic heterocycles. The molecule has 2 atom stereocenters. The number of amides is 1. The fraction of sp³-hybridized carbons (Fsp3) is 0.368. The summed E-state index contributed by atoms with van der Waals surface area (Å²) in [5.74, 6) is 0.813. The Labute approximate surface area is 174 Å². The predicted octanol–water partition coefficient (Wildman–Crippen LogP) is 1.19. The first kappa shape index (κ1) is 20.2. The molecule has 10 nitrogen and oxygen atoms in total. The molecule has 0 spiro atoms. The number of nitrogens with zero attached hydrogens (tertiary/aromatic N) is 5. The van der Waals surface area contributed by atoms with E-state index in [0.29, 0.717) is 30.3 Å². The highest BCUT2D eigenvalue weighted by Gasteiger charge is 2.40. The maximum Gasteiger partial charge on any atom is 0.272 e. The van der Waals surface area contributed by atoms with Crippen molar-refractivity contribution in [3.8, 4) is 11.4 Å². The van der Waals surface area contributed by atoms with Gasteiger partial charge < -0.3 is 4.90 Å². The van der Waals surface area contributed by atoms with E-state index in [9.17, 15) is 13.2 Å². The van der Waals surface area contributed by atoms with Crippen LogP contribution in [-0.4, -0.2) is 63.0 Å². The van der Waals surface area contributed by atoms with Crippen LogP contribution in [0.2, 0.25) is 0 Å². The van der Waals surface area contributed by atoms with Gasteiger partial charge in [-0.25, -0.2) is 18.1 Å². The zero-order valence-electron chi connectivity index (χ0n) is 16.7. The van der Waals surface area contributed by atoms with E-state index in [1.165, 1.54) is 0 Å². The van der Waals surface area contributed by atoms with Crippen LogP contribution >= 0.6 is 0 Å². The number of H-pyrrole nitrogens is 1. The van der Waals surface area contributed by atoms with Gasteiger partial charge in [0.2, 0.25) is 10.0 Å². The summed E-state index contributed by atoms with van der Waals surface area (Å²) in [5, 5.41) is 11.4. The molecule has 1 aliphatic heterocycles. The van der Waals surface area contributed by atoms with Crippen LogP contribution in [0.4, 0.5) is 0 Å². The molecular formula is C19H23N7O3S. The van der Waals surface area contributed by atoms with E-state index in [4.69, 9.17) is 0 Å². The number of hydrogen-bond acceptors (Lipinski definition) is 6. The van der Waals surface area contributed by atoms with Crippen LogP contribution in [0.5, 0.6) is 0 Å². The summed E-state index contributed by atoms with van der Waals surface area (Å²) in [6.07, 6.45) is 3.08. The fourth-order valence-electron chi connectivity index (χ4n) is 3.76. The molecule has 0 aliphatic carbocycles. The Bertz CT molecular complexity index is 1140. The molecule has 0 saturated carbocycles. The zero-order chi connectivity index (χ0) is 21.3. The molecule has 1 aliphatic rings. The largest absolute Gasteiger partial charge is 0.325 e. The van der Waals surface area contributed by atoms with E-state index in [-0.39, 0.29) is 12.5 Å². The number of nitrogens with one attached hydrogen (secondary N) is 2. The van der Waals surface area contributed by atoms with Gasteiger partial charge in [0.1, 0.15) is 11.5 Å². The monoisotopic (exact) mass is 429 g/mol. The first-order chi connectivity index (χ1) is 14.4. The highest BCUT2D eigenvalue weighted by Crippen LogP contribution is 2.32. The van der Waals surface area contributed by atoms with Gasteiger partial charge in [-0.1, -0.05) is 30.3 Å². The number of sulfonamides is 1. The normalized spacial score (nSPS) is 19.3. The molecule has 3 aromatic rings. The number of aromatic amines is 1. The van der Waals surface area contributed by atoms with Crippen LogP contribution in [0, 0.1) is 0 Å². The van der Waals surface area contributed by atoms with E-state index < -0.39 is 22.1 Å². The minimum Gasteiger partial charge on any atom is -0.325 e. The first-order valence-electron chi connectivity index (χ1n) is 9.63. The van der Waals surface area contributed by atoms with Gasteiger partial charge in [0.15, 0.2) is 5.82 Å². The lowest BCUT2D eigenvalue weighted by Crippen LogP contribution is -2.38. The number of hydrogen-bond donors (Lipinski definition) is 2. The third-order valence-corrected chi connectivity index (χ3v) is 5.79. The molecule has 0 unspecified atom stereocenters. The predicted molar refractivity (Wildman–Crippen MR) is 110 cm³/mol. The Morgan fingerprint density at radius 1 is 1.27 bits per heavy atom. The van der Waals surface area contributed by atoms with Gasteiger partial charge in [0, 0.05) is 30.9 Å². The Morgan fingerprint density at radius 2 is 2.03 bits per heavy atom. The Morgan fingerprint density at radius 3 is 2.73 bits per heavy atom. The summed E-state index contributed by atoms with van der Waals surface area (Å²) < 4.78 is 27.7. The molecule has 11 heteroatoms. The molecule has 4 rings (SSSR count). The van der Waals surface area contributed by atoms with Gasteiger partial charge in [-0.05, 0) is 19.4 Å². The van der Waals surface area contributed by atoms with Crippen LogP contribution in [0.1, 0.15) is 35.7 Å². The van der Waals surface area contributed by atoms with Crippen molar-refractivity contribution in [2.24, 2.45) is 0 Å². The molecule has 2 N–H and O–H groups in total. The average molecular weight is 430 g/mol. The van der Waals surface area contributed by atoms with Gasteiger partial charge in [-0.3, -0.25) is 14.6 Å². The minimum atomic E-state index is -3.42. The second-order valence-corrected chi connectivity index (χ2v) is 9.02. The van der Waals surface area contributed by atoms with Crippen molar-refractivity contribution in [1.82, 2.24) is 34.6 Å². The molecule has 0 bridgehead atoms. The molecule has 3 heterocycles. The van der Waals surface area contributed by atoms with Crippen molar-refractivity contribution in [2.75, 3.05) is 12.8 Å². The number of aryl methyl sites for hydroxylation is 1. The van der Waals surface area contributed by atoms with Crippen molar-refractivity contribution in [3.05, 3.63) is 54.1 Å². The lowest BCUT2D eigenvalue weighted by molar-refractivity contribution is 0.0715. The summed E-state index contributed by atoms with van der Waals surface area (Å²) in [4.78, 5) is 19.5. The van der Waals surface area contributed by atoms with Crippen molar-refractivity contribution in [2.45, 2.75) is 32.0 Å². The topological polar surface area (TPSA) is 126 Å². The second-order valence-electron chi connectivity index (χ2n) is 7.24. The molecule has 1 saturated heterocycles. The van der Waals surface area contributed by atoms with Gasteiger partial charge in [0.25, 0.3) is 5.91 Å². The van der Waals surface area contributed by atoms with Crippen molar-refractivity contribution in [3.63, 3.8) is 0 Å². The highest BCUT2D eigenvalue weighted by atomic mass is 32.2. The Kier molecular flexibility index (Phi) is 5.39. The summed E-state index contributed by atoms with van der Waals surface area (Å²) in [5.41, 5.74) is 1.30. The molecule has 1 amide bonds. The van der Waals surface area contributed by atoms with Gasteiger partial charge in [-0.2, -0.15) is 10.2 Å². The maximum atomic E-state index is 13.3. The van der Waals surface area contributed by atoms with E-state index in [1.807, 2.05) is 37.3 Å². The Balaban J connectivity index is 1.66. The third kappa shape index (κ3) is 4.12. The number of carbonyl (C=O) groups excluding carboxylic acids is 1. The summed E-state index contributed by atoms with van der Waals surface area (Å²) in [6.45, 7) is 2.69. The number of aromatic nitrogens is 5. The van der Waals surface area contributed by atoms with E-state index in [0.717, 1.165) is 11.8 Å². The summed E-state index contributed by atoms with van der Waals surface area (Å²) >= 11 is 0. The standard InChI is InChI=1S/C19H23N7O3S/c1-3-26-15(9-10-20-26)19(27)25-12-14(24-30(2,28)29)11-16(25)18-21-17(22-23-18)13-7-5-4-6-8-13/h4-10,14,16,24H,3,11-12H2,1-2H3,(H,21,22,23)/t14-,16-/m0/s1. The second kappa shape index (κ2) is 8.00. The lowest BCUT2D eigenvalue weighted by atomic mass is 10.1. The summed E-state index contributed by atoms with van der Waals surface area (Å²) in [7, 11) is -3.42. The molecule has 0 radical (unpaired) electrons. The van der Waals surface area contributed by atoms with Crippen LogP contribution in [0.3, 0.4) is 0 Å². The van der Waals surface area contributed by atoms with Crippen molar-refractivity contribution in [1.29, 1.82) is 0 Å². The maximum absolute atomic E-state index is 13.3. The molecule has 1 fully saturated rings. The third-order valence-electron chi connectivity index (χ3n) is 5.03. The zero-order valence-corrected chi connectivity index (χ0v) is 17.5. The molecule has 1 aromatic carbocycles. The van der Waals surface area contributed by atoms with Crippen molar-refractivity contribution >= 4 is 15.9 Å². The van der Waals surface area contributed by atoms with Crippen LogP contribution < -0.4 is 4.72 Å². The van der Waals surface area contributed by atoms with E-state index in [2.05, 4.69) is 25.0 Å². The van der Waals surface area contributed by atoms with Gasteiger partial charge >= 0.3 is 0 Å². The molecule has 158 valence electrons. The fourth-order valence-corrected chi connectivity index (χ4v) is 4.54. The van der Waals surface area contributed by atoms with Crippen LogP contribution in [0.15, 0.2) is 42.6 Å². The Hall–Kier alpha value is -3.05. The van der Waals surface area contributed by atoms with E-state index in [1.54, 1.807) is 21.8 Å². The van der Waals surface area contributed by atoms with E-state index >= 15 is 0 Å². The number of rotatable bonds is 6. The highest BCUT2D eigenvalue weighted by molar-refractivity contribution is 7.88. The summed E-state index contributed by atoms with van der Waals surface area (Å²) in [6, 6.07) is 10.3. The van der Waals surface area contributed by atoms with Gasteiger partial charge in [0.05, 0.1) is 12.3 Å². The average Bonchev–Trinajstić information content (AvgIpc) is 3.45. The smallest absolute Gasteiger partial charge is 0.272 e. The van der Waals surface area contributed by atoms with Crippen LogP contribution in [-0.2, 0) is 16.6 Å². The molecular weight excluding hydrogens is 406 g/mol. The number of likely N-dealkylation sites (tertiary alicyclic amines) is 1. The number of benzene rings is 1. The lowest BCUT2D eigenvalue weighted by Gasteiger charge is -2.23. The quantitative estimate of drug-likeness (QED) is 0.606. The first-order valence-corrected chi connectivity index (χ1v) is 11.5. The van der Waals surface area contributed by atoms with Gasteiger partial charge in [-0.15, -0.1) is 0 Å². The molecule has 30 heavy (non-hydrogen) atoms. The van der Waals surface area contributed by atoms with Crippen molar-refractivity contribution < 1.29 is 13.2 Å². The SMILES string of the molecule is CCn1nccc1C(=O)N1C[C@@H](NS(C)(=O)=O)C[C@H]1c1nc(-c2ccccc2)n[nH]1. The number of carbonyl (C=O) groups is 1. The van der Waals surface area contributed by atoms with Crippen LogP contribution in [0.25, 0.3) is 11.4 Å².